The minimum Gasteiger partial charge on any atom is -0.508 e. The number of carbonyl (C=O) groups excluding carboxylic acids is 2. The summed E-state index contributed by atoms with van der Waals surface area (Å²) in [7, 11) is -4.67. The monoisotopic (exact) mass is 741 g/mol. The Balaban J connectivity index is 1.27. The van der Waals surface area contributed by atoms with E-state index in [0.717, 1.165) is 39.1 Å². The second-order valence-electron chi connectivity index (χ2n) is 15.9. The number of anilines is 1. The van der Waals surface area contributed by atoms with E-state index in [1.54, 1.807) is 30.3 Å². The molecule has 0 radical (unpaired) electrons. The highest BCUT2D eigenvalue weighted by molar-refractivity contribution is 6.99. The molecular formula is C44H48BNO7Si. The molecule has 54 heavy (non-hydrogen) atoms. The van der Waals surface area contributed by atoms with Crippen LogP contribution in [0.2, 0.25) is 5.04 Å². The molecule has 8 nitrogen and oxygen atoms in total. The minimum atomic E-state index is -2.94. The van der Waals surface area contributed by atoms with Crippen LogP contribution in [0.15, 0.2) is 126 Å². The zero-order chi connectivity index (χ0) is 38.2. The van der Waals surface area contributed by atoms with Crippen LogP contribution < -0.4 is 20.7 Å². The second kappa shape index (κ2) is 15.3. The first-order valence-corrected chi connectivity index (χ1v) is 20.7. The third-order valence-electron chi connectivity index (χ3n) is 11.4. The summed E-state index contributed by atoms with van der Waals surface area (Å²) in [6, 6.07) is 34.4. The molecule has 0 aromatic heterocycles. The van der Waals surface area contributed by atoms with Gasteiger partial charge in [0.1, 0.15) is 5.75 Å². The fraction of sp³-hybridized carbons (Fsp3) is 0.318. The van der Waals surface area contributed by atoms with Crippen molar-refractivity contribution < 1.29 is 33.9 Å². The molecule has 0 spiro atoms. The first-order chi connectivity index (χ1) is 25.9. The van der Waals surface area contributed by atoms with E-state index in [0.29, 0.717) is 31.7 Å². The molecule has 4 aromatic carbocycles. The van der Waals surface area contributed by atoms with Crippen molar-refractivity contribution in [3.63, 3.8) is 0 Å². The molecule has 278 valence electrons. The van der Waals surface area contributed by atoms with Gasteiger partial charge in [0.25, 0.3) is 8.32 Å². The molecular weight excluding hydrogens is 693 g/mol. The lowest BCUT2D eigenvalue weighted by atomic mass is 9.69. The van der Waals surface area contributed by atoms with E-state index in [2.05, 4.69) is 82.3 Å². The maximum absolute atomic E-state index is 14.4. The smallest absolute Gasteiger partial charge is 0.488 e. The maximum Gasteiger partial charge on any atom is 0.488 e. The predicted molar refractivity (Wildman–Crippen MR) is 215 cm³/mol. The van der Waals surface area contributed by atoms with Crippen LogP contribution in [0.5, 0.6) is 5.75 Å². The number of phenolic OH excluding ortho intramolecular Hbond substituents is 1. The Hall–Kier alpha value is -4.58. The van der Waals surface area contributed by atoms with Crippen molar-refractivity contribution in [1.29, 1.82) is 0 Å². The normalized spacial score (nSPS) is 21.7. The molecule has 0 bridgehead atoms. The van der Waals surface area contributed by atoms with E-state index < -0.39 is 27.3 Å². The summed E-state index contributed by atoms with van der Waals surface area (Å²) in [6.07, 6.45) is 3.70. The maximum atomic E-state index is 14.4. The van der Waals surface area contributed by atoms with Gasteiger partial charge in [0.2, 0.25) is 11.8 Å². The fourth-order valence-corrected chi connectivity index (χ4v) is 13.5. The highest BCUT2D eigenvalue weighted by Gasteiger charge is 2.58. The zero-order valence-corrected chi connectivity index (χ0v) is 32.3. The molecule has 2 aliphatic heterocycles. The highest BCUT2D eigenvalue weighted by Crippen LogP contribution is 2.51. The zero-order valence-electron chi connectivity index (χ0n) is 31.3. The van der Waals surface area contributed by atoms with Crippen LogP contribution in [0, 0.1) is 17.8 Å². The van der Waals surface area contributed by atoms with Crippen molar-refractivity contribution in [2.45, 2.75) is 58.1 Å². The van der Waals surface area contributed by atoms with Gasteiger partial charge in [-0.05, 0) is 88.0 Å². The van der Waals surface area contributed by atoms with E-state index in [9.17, 15) is 24.7 Å². The van der Waals surface area contributed by atoms with E-state index >= 15 is 0 Å². The first-order valence-electron chi connectivity index (χ1n) is 18.8. The first kappa shape index (κ1) is 37.7. The average molecular weight is 742 g/mol. The standard InChI is InChI=1S/C44H48BNO7Si/c1-29(24-30-19-21-34(47)22-20-30)18-23-39-40-31(27-53-54(44(2,3)4,35-14-7-5-8-15-35)36-16-9-6-10-17-36)25-37-41(38(40)28-52-39)43(49)46(42(37)48)33-13-11-12-32(26-33)45(50)51/h5-17,19-22,24,26,37-39,41,47,50-51H,18,23,25,27-28H2,1-4H3/b29-24+/t37-,38+,39-,41-/m1/s1. The van der Waals surface area contributed by atoms with E-state index in [1.807, 2.05) is 24.3 Å². The van der Waals surface area contributed by atoms with Crippen molar-refractivity contribution in [2.24, 2.45) is 17.8 Å². The second-order valence-corrected chi connectivity index (χ2v) is 20.2. The number of rotatable bonds is 11. The topological polar surface area (TPSA) is 117 Å². The molecule has 1 aliphatic carbocycles. The van der Waals surface area contributed by atoms with E-state index in [1.165, 1.54) is 11.0 Å². The van der Waals surface area contributed by atoms with Gasteiger partial charge in [0.05, 0.1) is 36.8 Å². The van der Waals surface area contributed by atoms with Gasteiger partial charge in [-0.1, -0.05) is 117 Å². The average Bonchev–Trinajstić information content (AvgIpc) is 3.69. The number of nitrogens with zero attached hydrogens (tertiary/aromatic N) is 1. The van der Waals surface area contributed by atoms with Crippen molar-refractivity contribution in [3.05, 3.63) is 131 Å². The molecule has 2 amide bonds. The Labute approximate surface area is 319 Å². The summed E-state index contributed by atoms with van der Waals surface area (Å²) in [4.78, 5) is 29.9. The van der Waals surface area contributed by atoms with Gasteiger partial charge in [-0.2, -0.15) is 0 Å². The Morgan fingerprint density at radius 2 is 1.54 bits per heavy atom. The number of carbonyl (C=O) groups is 2. The number of fused-ring (bicyclic) bond motifs is 3. The summed E-state index contributed by atoms with van der Waals surface area (Å²) in [5, 5.41) is 31.5. The molecule has 3 aliphatic rings. The summed E-state index contributed by atoms with van der Waals surface area (Å²) < 4.78 is 14.1. The van der Waals surface area contributed by atoms with Crippen LogP contribution >= 0.6 is 0 Å². The van der Waals surface area contributed by atoms with Gasteiger partial charge in [-0.15, -0.1) is 0 Å². The van der Waals surface area contributed by atoms with Crippen LogP contribution in [-0.2, 0) is 18.8 Å². The summed E-state index contributed by atoms with van der Waals surface area (Å²) in [5.41, 5.74) is 4.82. The Kier molecular flexibility index (Phi) is 10.7. The molecule has 2 heterocycles. The van der Waals surface area contributed by atoms with Gasteiger partial charge < -0.3 is 24.3 Å². The largest absolute Gasteiger partial charge is 0.508 e. The Morgan fingerprint density at radius 1 is 0.889 bits per heavy atom. The van der Waals surface area contributed by atoms with Crippen LogP contribution in [0.4, 0.5) is 5.69 Å². The fourth-order valence-electron chi connectivity index (χ4n) is 8.93. The number of allylic oxidation sites excluding steroid dienone is 1. The molecule has 0 saturated carbocycles. The third-order valence-corrected chi connectivity index (χ3v) is 16.4. The number of hydrogen-bond donors (Lipinski definition) is 3. The van der Waals surface area contributed by atoms with E-state index in [4.69, 9.17) is 9.16 Å². The minimum absolute atomic E-state index is 0.209. The van der Waals surface area contributed by atoms with Crippen LogP contribution in [-0.4, -0.2) is 61.7 Å². The molecule has 2 fully saturated rings. The van der Waals surface area contributed by atoms with Crippen molar-refractivity contribution in [3.8, 4) is 5.75 Å². The SMILES string of the molecule is C/C(=C\c1ccc(O)cc1)CC[C@H]1OC[C@H]2C1=C(CO[Si](c1ccccc1)(c1ccccc1)C(C)(C)C)C[C@H]1C(=O)N(c3cccc(B(O)O)c3)C(=O)[C@H]12. The van der Waals surface area contributed by atoms with Crippen molar-refractivity contribution >= 4 is 54.8 Å². The van der Waals surface area contributed by atoms with Gasteiger partial charge in [0, 0.05) is 5.92 Å². The quantitative estimate of drug-likeness (QED) is 0.108. The Morgan fingerprint density at radius 3 is 2.15 bits per heavy atom. The molecule has 0 unspecified atom stereocenters. The number of hydrogen-bond acceptors (Lipinski definition) is 7. The number of amides is 2. The van der Waals surface area contributed by atoms with Crippen molar-refractivity contribution in [1.82, 2.24) is 0 Å². The summed E-state index contributed by atoms with van der Waals surface area (Å²) in [6.45, 7) is 9.46. The Bertz CT molecular complexity index is 2020. The summed E-state index contributed by atoms with van der Waals surface area (Å²) >= 11 is 0. The highest BCUT2D eigenvalue weighted by atomic mass is 28.4. The molecule has 7 rings (SSSR count). The number of ether oxygens (including phenoxy) is 1. The molecule has 10 heteroatoms. The lowest BCUT2D eigenvalue weighted by molar-refractivity contribution is -0.122. The van der Waals surface area contributed by atoms with Crippen molar-refractivity contribution in [2.75, 3.05) is 18.1 Å². The van der Waals surface area contributed by atoms with Gasteiger partial charge in [-0.3, -0.25) is 14.5 Å². The van der Waals surface area contributed by atoms with Gasteiger partial charge in [0.15, 0.2) is 0 Å². The molecule has 2 saturated heterocycles. The number of benzene rings is 4. The number of imide groups is 1. The lowest BCUT2D eigenvalue weighted by Gasteiger charge is -2.44. The van der Waals surface area contributed by atoms with E-state index in [-0.39, 0.29) is 40.1 Å². The molecule has 4 aromatic rings. The number of aromatic hydroxyl groups is 1. The third kappa shape index (κ3) is 7.05. The molecule has 4 atom stereocenters. The predicted octanol–water partition coefficient (Wildman–Crippen LogP) is 5.35. The van der Waals surface area contributed by atoms with Gasteiger partial charge in [-0.25, -0.2) is 0 Å². The van der Waals surface area contributed by atoms with Gasteiger partial charge >= 0.3 is 7.12 Å². The lowest BCUT2D eigenvalue weighted by Crippen LogP contribution is -2.66. The van der Waals surface area contributed by atoms with Crippen LogP contribution in [0.1, 0.15) is 52.5 Å². The summed E-state index contributed by atoms with van der Waals surface area (Å²) in [5.74, 6) is -1.82. The van der Waals surface area contributed by atoms with Crippen LogP contribution in [0.25, 0.3) is 6.08 Å². The van der Waals surface area contributed by atoms with Crippen LogP contribution in [0.3, 0.4) is 0 Å². The number of phenols is 1. The molecule has 3 N–H and O–H groups in total.